The van der Waals surface area contributed by atoms with Crippen molar-refractivity contribution >= 4 is 44.5 Å². The van der Waals surface area contributed by atoms with Crippen LogP contribution in [-0.4, -0.2) is 39.3 Å². The van der Waals surface area contributed by atoms with Gasteiger partial charge in [0.25, 0.3) is 15.2 Å². The molecule has 0 bridgehead atoms. The van der Waals surface area contributed by atoms with Crippen LogP contribution in [0.4, 0.5) is 5.69 Å². The minimum absolute atomic E-state index is 0.0266. The maximum atomic E-state index is 12.7. The quantitative estimate of drug-likeness (QED) is 0.470. The normalized spacial score (nSPS) is 11.3. The Hall–Kier alpha value is -2.72. The largest absolute Gasteiger partial charge is 0.495 e. The van der Waals surface area contributed by atoms with Crippen molar-refractivity contribution in [3.8, 4) is 5.75 Å². The standard InChI is InChI=1S/C17H16N2O6S2/c1-23-14-6-4-3-5-12(14)19-27(21,22)11-7-8-15-13(9-11)18-17(25-15)26-10-16(20)24-2/h3-9,19H,10H2,1-2H3. The molecule has 0 saturated heterocycles. The van der Waals surface area contributed by atoms with Gasteiger partial charge >= 0.3 is 5.97 Å². The molecule has 0 atom stereocenters. The van der Waals surface area contributed by atoms with Crippen LogP contribution in [0.25, 0.3) is 11.1 Å². The highest BCUT2D eigenvalue weighted by atomic mass is 32.2. The highest BCUT2D eigenvalue weighted by Gasteiger charge is 2.18. The summed E-state index contributed by atoms with van der Waals surface area (Å²) >= 11 is 1.07. The number of anilines is 1. The smallest absolute Gasteiger partial charge is 0.316 e. The zero-order valence-corrected chi connectivity index (χ0v) is 16.1. The Bertz CT molecular complexity index is 1080. The second-order valence-corrected chi connectivity index (χ2v) is 7.89. The summed E-state index contributed by atoms with van der Waals surface area (Å²) in [6, 6.07) is 11.0. The molecule has 3 rings (SSSR count). The molecule has 1 N–H and O–H groups in total. The minimum Gasteiger partial charge on any atom is -0.495 e. The minimum atomic E-state index is -3.85. The first-order chi connectivity index (χ1) is 12.9. The van der Waals surface area contributed by atoms with Crippen molar-refractivity contribution in [3.63, 3.8) is 0 Å². The summed E-state index contributed by atoms with van der Waals surface area (Å²) in [4.78, 5) is 15.4. The third-order valence-electron chi connectivity index (χ3n) is 3.54. The molecule has 0 radical (unpaired) electrons. The zero-order valence-electron chi connectivity index (χ0n) is 14.5. The van der Waals surface area contributed by atoms with Crippen LogP contribution in [0.3, 0.4) is 0 Å². The van der Waals surface area contributed by atoms with Gasteiger partial charge in [-0.05, 0) is 30.3 Å². The SMILES string of the molecule is COC(=O)CSc1nc2cc(S(=O)(=O)Nc3ccccc3OC)ccc2o1. The van der Waals surface area contributed by atoms with Gasteiger partial charge in [0.05, 0.1) is 24.8 Å². The Morgan fingerprint density at radius 1 is 1.22 bits per heavy atom. The molecular formula is C17H16N2O6S2. The van der Waals surface area contributed by atoms with Gasteiger partial charge in [-0.15, -0.1) is 0 Å². The van der Waals surface area contributed by atoms with Gasteiger partial charge in [-0.2, -0.15) is 0 Å². The predicted molar refractivity (Wildman–Crippen MR) is 101 cm³/mol. The van der Waals surface area contributed by atoms with E-state index in [9.17, 15) is 13.2 Å². The number of benzene rings is 2. The Morgan fingerprint density at radius 2 is 2.00 bits per heavy atom. The molecule has 0 unspecified atom stereocenters. The molecule has 10 heteroatoms. The molecule has 0 aliphatic carbocycles. The Morgan fingerprint density at radius 3 is 2.74 bits per heavy atom. The number of rotatable bonds is 7. The van der Waals surface area contributed by atoms with E-state index in [0.717, 1.165) is 11.8 Å². The number of oxazole rings is 1. The van der Waals surface area contributed by atoms with Gasteiger partial charge in [0, 0.05) is 0 Å². The van der Waals surface area contributed by atoms with Crippen LogP contribution in [0.5, 0.6) is 5.75 Å². The van der Waals surface area contributed by atoms with Gasteiger partial charge in [0.1, 0.15) is 17.0 Å². The lowest BCUT2D eigenvalue weighted by Gasteiger charge is -2.11. The number of sulfonamides is 1. The van der Waals surface area contributed by atoms with E-state index in [2.05, 4.69) is 14.4 Å². The average molecular weight is 408 g/mol. The molecule has 1 heterocycles. The Labute approximate surface area is 159 Å². The molecule has 0 spiro atoms. The number of methoxy groups -OCH3 is 2. The van der Waals surface area contributed by atoms with Crippen molar-refractivity contribution in [1.29, 1.82) is 0 Å². The number of hydrogen-bond donors (Lipinski definition) is 1. The van der Waals surface area contributed by atoms with Gasteiger partial charge in [-0.3, -0.25) is 9.52 Å². The molecule has 1 aromatic heterocycles. The number of nitrogens with one attached hydrogen (secondary N) is 1. The second kappa shape index (κ2) is 7.89. The first kappa shape index (κ1) is 19.1. The van der Waals surface area contributed by atoms with Crippen LogP contribution in [0.2, 0.25) is 0 Å². The number of ether oxygens (including phenoxy) is 2. The summed E-state index contributed by atoms with van der Waals surface area (Å²) in [6.07, 6.45) is 0. The van der Waals surface area contributed by atoms with Gasteiger partial charge in [-0.1, -0.05) is 23.9 Å². The van der Waals surface area contributed by atoms with Gasteiger partial charge in [0.15, 0.2) is 5.58 Å². The molecule has 142 valence electrons. The number of carbonyl (C=O) groups is 1. The van der Waals surface area contributed by atoms with E-state index < -0.39 is 16.0 Å². The van der Waals surface area contributed by atoms with E-state index >= 15 is 0 Å². The van der Waals surface area contributed by atoms with Gasteiger partial charge in [-0.25, -0.2) is 13.4 Å². The summed E-state index contributed by atoms with van der Waals surface area (Å²) in [6.45, 7) is 0. The molecule has 8 nitrogen and oxygen atoms in total. The third-order valence-corrected chi connectivity index (χ3v) is 5.71. The number of hydrogen-bond acceptors (Lipinski definition) is 8. The van der Waals surface area contributed by atoms with Crippen LogP contribution in [0.15, 0.2) is 57.0 Å². The first-order valence-electron chi connectivity index (χ1n) is 7.69. The molecule has 0 aliphatic heterocycles. The zero-order chi connectivity index (χ0) is 19.4. The molecular weight excluding hydrogens is 392 g/mol. The van der Waals surface area contributed by atoms with Crippen LogP contribution >= 0.6 is 11.8 Å². The van der Waals surface area contributed by atoms with Crippen LogP contribution in [0, 0.1) is 0 Å². The van der Waals surface area contributed by atoms with E-state index in [1.165, 1.54) is 32.4 Å². The number of carbonyl (C=O) groups excluding carboxylic acids is 1. The molecule has 0 fully saturated rings. The van der Waals surface area contributed by atoms with E-state index in [1.54, 1.807) is 24.3 Å². The van der Waals surface area contributed by atoms with E-state index in [0.29, 0.717) is 22.5 Å². The number of nitrogens with zero attached hydrogens (tertiary/aromatic N) is 1. The number of esters is 1. The molecule has 0 saturated carbocycles. The van der Waals surface area contributed by atoms with Crippen molar-refractivity contribution in [2.24, 2.45) is 0 Å². The summed E-state index contributed by atoms with van der Waals surface area (Å²) in [5.74, 6) is 0.0423. The van der Waals surface area contributed by atoms with Crippen LogP contribution in [0.1, 0.15) is 0 Å². The van der Waals surface area contributed by atoms with E-state index in [4.69, 9.17) is 9.15 Å². The number of aromatic nitrogens is 1. The maximum Gasteiger partial charge on any atom is 0.316 e. The van der Waals surface area contributed by atoms with Gasteiger partial charge in [0.2, 0.25) is 0 Å². The molecule has 0 aliphatic rings. The molecule has 27 heavy (non-hydrogen) atoms. The predicted octanol–water partition coefficient (Wildman–Crippen LogP) is 2.90. The number of para-hydroxylation sites is 2. The number of thioether (sulfide) groups is 1. The van der Waals surface area contributed by atoms with Crippen LogP contribution in [-0.2, 0) is 19.6 Å². The molecule has 0 amide bonds. The van der Waals surface area contributed by atoms with E-state index in [1.807, 2.05) is 0 Å². The summed E-state index contributed by atoms with van der Waals surface area (Å²) in [7, 11) is -1.10. The van der Waals surface area contributed by atoms with Crippen molar-refractivity contribution in [2.75, 3.05) is 24.7 Å². The van der Waals surface area contributed by atoms with Crippen molar-refractivity contribution in [2.45, 2.75) is 10.1 Å². The lowest BCUT2D eigenvalue weighted by molar-refractivity contribution is -0.137. The number of fused-ring (bicyclic) bond motifs is 1. The van der Waals surface area contributed by atoms with Crippen molar-refractivity contribution in [3.05, 3.63) is 42.5 Å². The highest BCUT2D eigenvalue weighted by Crippen LogP contribution is 2.29. The second-order valence-electron chi connectivity index (χ2n) is 5.28. The fourth-order valence-corrected chi connectivity index (χ4v) is 3.99. The topological polar surface area (TPSA) is 108 Å². The fraction of sp³-hybridized carbons (Fsp3) is 0.176. The molecule has 2 aromatic carbocycles. The summed E-state index contributed by atoms with van der Waals surface area (Å²) in [5.41, 5.74) is 1.11. The summed E-state index contributed by atoms with van der Waals surface area (Å²) in [5, 5.41) is 0.252. The first-order valence-corrected chi connectivity index (χ1v) is 10.2. The average Bonchev–Trinajstić information content (AvgIpc) is 3.08. The highest BCUT2D eigenvalue weighted by molar-refractivity contribution is 7.99. The fourth-order valence-electron chi connectivity index (χ4n) is 2.23. The molecule has 3 aromatic rings. The van der Waals surface area contributed by atoms with Crippen molar-refractivity contribution in [1.82, 2.24) is 4.98 Å². The lowest BCUT2D eigenvalue weighted by Crippen LogP contribution is -2.13. The van der Waals surface area contributed by atoms with E-state index in [-0.39, 0.29) is 15.9 Å². The lowest BCUT2D eigenvalue weighted by atomic mass is 10.3. The Balaban J connectivity index is 1.86. The summed E-state index contributed by atoms with van der Waals surface area (Å²) < 4.78 is 43.1. The Kier molecular flexibility index (Phi) is 5.57. The van der Waals surface area contributed by atoms with Gasteiger partial charge < -0.3 is 13.9 Å². The van der Waals surface area contributed by atoms with Crippen molar-refractivity contribution < 1.29 is 27.1 Å². The van der Waals surface area contributed by atoms with Crippen LogP contribution < -0.4 is 9.46 Å². The third kappa shape index (κ3) is 4.34. The maximum absolute atomic E-state index is 12.7. The monoisotopic (exact) mass is 408 g/mol.